The number of para-hydroxylation sites is 1. The van der Waals surface area contributed by atoms with Gasteiger partial charge in [-0.25, -0.2) is 10.2 Å². The van der Waals surface area contributed by atoms with Crippen molar-refractivity contribution in [3.8, 4) is 17.2 Å². The molecule has 1 amide bonds. The van der Waals surface area contributed by atoms with Gasteiger partial charge in [0.1, 0.15) is 5.75 Å². The number of benzene rings is 2. The van der Waals surface area contributed by atoms with Crippen LogP contribution in [0.25, 0.3) is 0 Å². The Bertz CT molecular complexity index is 1310. The van der Waals surface area contributed by atoms with Crippen LogP contribution in [0.4, 0.5) is 0 Å². The number of amides is 1. The molecule has 1 aliphatic heterocycles. The largest absolute Gasteiger partial charge is 0.493 e. The highest BCUT2D eigenvalue weighted by molar-refractivity contribution is 7.80. The van der Waals surface area contributed by atoms with Crippen LogP contribution in [0.1, 0.15) is 36.6 Å². The highest BCUT2D eigenvalue weighted by atomic mass is 32.1. The quantitative estimate of drug-likeness (QED) is 0.120. The van der Waals surface area contributed by atoms with Crippen molar-refractivity contribution in [1.29, 1.82) is 0 Å². The fraction of sp³-hybridized carbons (Fsp3) is 0.286. The number of nitrogens with zero attached hydrogens (tertiary/aromatic N) is 1. The van der Waals surface area contributed by atoms with Gasteiger partial charge in [0.05, 0.1) is 38.7 Å². The standard InChI is InChI=1S/C28H32N4O6S/c1-6-10-19-13-18(14-22(35-4)26(19)36-5)15-29-32-23(33)16-38-21-12-9-8-11-20(21)25-24(27(34)37-7-2)17(3)30-28(39)31-25/h6,8-9,11-15,25H,1,7,10,16H2,2-5H3,(H,32,33)(H2,30,31,39)/t25-/m1/s1. The Morgan fingerprint density at radius 2 is 1.95 bits per heavy atom. The predicted octanol–water partition coefficient (Wildman–Crippen LogP) is 3.32. The summed E-state index contributed by atoms with van der Waals surface area (Å²) >= 11 is 5.30. The van der Waals surface area contributed by atoms with Crippen LogP contribution in [0.15, 0.2) is 65.4 Å². The third kappa shape index (κ3) is 7.35. The summed E-state index contributed by atoms with van der Waals surface area (Å²) in [5.41, 5.74) is 5.62. The topological polar surface area (TPSA) is 120 Å². The number of nitrogens with one attached hydrogen (secondary N) is 3. The molecule has 0 bridgehead atoms. The van der Waals surface area contributed by atoms with Crippen molar-refractivity contribution >= 4 is 35.4 Å². The number of methoxy groups -OCH3 is 2. The number of carbonyl (C=O) groups is 2. The van der Waals surface area contributed by atoms with Crippen molar-refractivity contribution in [2.75, 3.05) is 27.4 Å². The van der Waals surface area contributed by atoms with Crippen molar-refractivity contribution in [3.05, 3.63) is 77.0 Å². The number of rotatable bonds is 12. The number of hydrogen-bond acceptors (Lipinski definition) is 8. The molecular weight excluding hydrogens is 520 g/mol. The summed E-state index contributed by atoms with van der Waals surface area (Å²) < 4.78 is 21.9. The molecule has 2 aromatic carbocycles. The molecule has 1 aliphatic rings. The van der Waals surface area contributed by atoms with E-state index < -0.39 is 17.9 Å². The van der Waals surface area contributed by atoms with E-state index in [9.17, 15) is 9.59 Å². The fourth-order valence-electron chi connectivity index (χ4n) is 4.06. The normalized spacial score (nSPS) is 14.8. The van der Waals surface area contributed by atoms with E-state index in [2.05, 4.69) is 27.7 Å². The average Bonchev–Trinajstić information content (AvgIpc) is 2.91. The first-order chi connectivity index (χ1) is 18.8. The third-order valence-corrected chi connectivity index (χ3v) is 5.92. The minimum absolute atomic E-state index is 0.227. The van der Waals surface area contributed by atoms with Crippen molar-refractivity contribution in [1.82, 2.24) is 16.1 Å². The summed E-state index contributed by atoms with van der Waals surface area (Å²) in [7, 11) is 3.12. The summed E-state index contributed by atoms with van der Waals surface area (Å²) in [5, 5.41) is 10.5. The van der Waals surface area contributed by atoms with Crippen LogP contribution < -0.4 is 30.3 Å². The highest BCUT2D eigenvalue weighted by Gasteiger charge is 2.32. The Balaban J connectivity index is 1.72. The number of hydrogen-bond donors (Lipinski definition) is 3. The molecule has 0 saturated heterocycles. The maximum Gasteiger partial charge on any atom is 0.338 e. The van der Waals surface area contributed by atoms with Crippen molar-refractivity contribution in [2.45, 2.75) is 26.3 Å². The minimum Gasteiger partial charge on any atom is -0.493 e. The molecule has 11 heteroatoms. The van der Waals surface area contributed by atoms with Crippen LogP contribution >= 0.6 is 12.2 Å². The molecule has 0 saturated carbocycles. The van der Waals surface area contributed by atoms with Gasteiger partial charge in [0.2, 0.25) is 0 Å². The zero-order chi connectivity index (χ0) is 28.4. The summed E-state index contributed by atoms with van der Waals surface area (Å²) in [4.78, 5) is 25.2. The van der Waals surface area contributed by atoms with E-state index in [1.807, 2.05) is 6.07 Å². The molecule has 206 valence electrons. The van der Waals surface area contributed by atoms with Gasteiger partial charge in [-0.3, -0.25) is 4.79 Å². The molecule has 0 unspecified atom stereocenters. The summed E-state index contributed by atoms with van der Waals surface area (Å²) in [5.74, 6) is 0.616. The van der Waals surface area contributed by atoms with Gasteiger partial charge in [0.15, 0.2) is 23.2 Å². The van der Waals surface area contributed by atoms with E-state index >= 15 is 0 Å². The Morgan fingerprint density at radius 1 is 1.18 bits per heavy atom. The Morgan fingerprint density at radius 3 is 2.64 bits per heavy atom. The molecule has 3 rings (SSSR count). The van der Waals surface area contributed by atoms with Crippen LogP contribution in [-0.2, 0) is 20.7 Å². The van der Waals surface area contributed by atoms with Gasteiger partial charge in [-0.05, 0) is 56.2 Å². The highest BCUT2D eigenvalue weighted by Crippen LogP contribution is 2.34. The van der Waals surface area contributed by atoms with Gasteiger partial charge in [0.25, 0.3) is 5.91 Å². The second-order valence-electron chi connectivity index (χ2n) is 8.32. The molecule has 0 fully saturated rings. The smallest absolute Gasteiger partial charge is 0.338 e. The molecule has 10 nitrogen and oxygen atoms in total. The van der Waals surface area contributed by atoms with E-state index in [0.717, 1.165) is 5.56 Å². The van der Waals surface area contributed by atoms with Crippen molar-refractivity contribution in [2.24, 2.45) is 5.10 Å². The Hall–Kier alpha value is -4.38. The first-order valence-electron chi connectivity index (χ1n) is 12.2. The zero-order valence-electron chi connectivity index (χ0n) is 22.3. The molecule has 2 aromatic rings. The van der Waals surface area contributed by atoms with Crippen molar-refractivity contribution < 1.29 is 28.5 Å². The monoisotopic (exact) mass is 552 g/mol. The molecular formula is C28H32N4O6S. The number of thiocarbonyl (C=S) groups is 1. The summed E-state index contributed by atoms with van der Waals surface area (Å²) in [6.07, 6.45) is 3.83. The summed E-state index contributed by atoms with van der Waals surface area (Å²) in [6.45, 7) is 7.17. The van der Waals surface area contributed by atoms with Crippen LogP contribution in [0.3, 0.4) is 0 Å². The first kappa shape index (κ1) is 29.2. The Kier molecular flexibility index (Phi) is 10.4. The van der Waals surface area contributed by atoms with Gasteiger partial charge >= 0.3 is 5.97 Å². The fourth-order valence-corrected chi connectivity index (χ4v) is 4.33. The second-order valence-corrected chi connectivity index (χ2v) is 8.73. The number of ether oxygens (including phenoxy) is 4. The summed E-state index contributed by atoms with van der Waals surface area (Å²) in [6, 6.07) is 10.1. The van der Waals surface area contributed by atoms with E-state index in [1.165, 1.54) is 6.21 Å². The average molecular weight is 553 g/mol. The maximum atomic E-state index is 12.7. The van der Waals surface area contributed by atoms with E-state index in [0.29, 0.717) is 51.2 Å². The zero-order valence-corrected chi connectivity index (χ0v) is 23.1. The Labute approximate surface area is 233 Å². The lowest BCUT2D eigenvalue weighted by atomic mass is 9.95. The molecule has 0 radical (unpaired) electrons. The predicted molar refractivity (Wildman–Crippen MR) is 152 cm³/mol. The molecule has 0 aromatic heterocycles. The van der Waals surface area contributed by atoms with Crippen LogP contribution in [-0.4, -0.2) is 50.6 Å². The minimum atomic E-state index is -0.620. The lowest BCUT2D eigenvalue weighted by molar-refractivity contribution is -0.139. The van der Waals surface area contributed by atoms with E-state index in [1.54, 1.807) is 64.5 Å². The number of allylic oxidation sites excluding steroid dienone is 2. The molecule has 39 heavy (non-hydrogen) atoms. The van der Waals surface area contributed by atoms with E-state index in [-0.39, 0.29) is 13.2 Å². The lowest BCUT2D eigenvalue weighted by Gasteiger charge is -2.30. The van der Waals surface area contributed by atoms with Gasteiger partial charge in [0, 0.05) is 16.8 Å². The molecule has 1 heterocycles. The van der Waals surface area contributed by atoms with E-state index in [4.69, 9.17) is 31.2 Å². The van der Waals surface area contributed by atoms with Crippen LogP contribution in [0, 0.1) is 0 Å². The lowest BCUT2D eigenvalue weighted by Crippen LogP contribution is -2.45. The van der Waals surface area contributed by atoms with Crippen LogP contribution in [0.2, 0.25) is 0 Å². The molecule has 1 atom stereocenters. The van der Waals surface area contributed by atoms with Crippen LogP contribution in [0.5, 0.6) is 17.2 Å². The van der Waals surface area contributed by atoms with Gasteiger partial charge in [-0.2, -0.15) is 5.10 Å². The van der Waals surface area contributed by atoms with Gasteiger partial charge < -0.3 is 29.6 Å². The number of esters is 1. The SMILES string of the molecule is C=CCc1cc(C=NNC(=O)COc2ccccc2[C@H]2NC(=S)NC(C)=C2C(=O)OCC)cc(OC)c1OC. The van der Waals surface area contributed by atoms with Crippen molar-refractivity contribution in [3.63, 3.8) is 0 Å². The second kappa shape index (κ2) is 14.0. The number of carbonyl (C=O) groups excluding carboxylic acids is 2. The first-order valence-corrected chi connectivity index (χ1v) is 12.6. The molecule has 0 spiro atoms. The van der Waals surface area contributed by atoms with Gasteiger partial charge in [-0.15, -0.1) is 6.58 Å². The molecule has 3 N–H and O–H groups in total. The third-order valence-electron chi connectivity index (χ3n) is 5.70. The molecule has 0 aliphatic carbocycles. The number of hydrazone groups is 1. The maximum absolute atomic E-state index is 12.7. The van der Waals surface area contributed by atoms with Gasteiger partial charge in [-0.1, -0.05) is 24.3 Å².